The monoisotopic (exact) mass is 539 g/mol. The number of carbonyl (C=O) groups is 2. The summed E-state index contributed by atoms with van der Waals surface area (Å²) in [5.41, 5.74) is 1.32. The fourth-order valence-electron chi connectivity index (χ4n) is 4.53. The van der Waals surface area contributed by atoms with Crippen LogP contribution in [0, 0.1) is 12.8 Å². The molecule has 4 rings (SSSR count). The first-order chi connectivity index (χ1) is 18.1. The molecule has 2 amide bonds. The van der Waals surface area contributed by atoms with Crippen LogP contribution in [0.5, 0.6) is 0 Å². The summed E-state index contributed by atoms with van der Waals surface area (Å²) in [4.78, 5) is 36.7. The summed E-state index contributed by atoms with van der Waals surface area (Å²) >= 11 is 6.27. The molecule has 12 heteroatoms. The molecular formula is C26H31BClN5O5. The second-order valence-electron chi connectivity index (χ2n) is 9.99. The van der Waals surface area contributed by atoms with E-state index < -0.39 is 24.6 Å². The Morgan fingerprint density at radius 1 is 1.21 bits per heavy atom. The Morgan fingerprint density at radius 2 is 1.95 bits per heavy atom. The van der Waals surface area contributed by atoms with Gasteiger partial charge in [-0.2, -0.15) is 0 Å². The first kappa shape index (κ1) is 27.6. The highest BCUT2D eigenvalue weighted by Gasteiger charge is 2.48. The van der Waals surface area contributed by atoms with E-state index in [9.17, 15) is 19.6 Å². The molecule has 0 bridgehead atoms. The number of amides is 2. The van der Waals surface area contributed by atoms with E-state index in [0.717, 1.165) is 5.56 Å². The van der Waals surface area contributed by atoms with Crippen LogP contribution < -0.4 is 10.6 Å². The van der Waals surface area contributed by atoms with E-state index in [4.69, 9.17) is 16.4 Å². The lowest BCUT2D eigenvalue weighted by molar-refractivity contribution is -0.144. The second-order valence-corrected chi connectivity index (χ2v) is 10.3. The van der Waals surface area contributed by atoms with Gasteiger partial charge < -0.3 is 25.5 Å². The molecule has 10 nitrogen and oxygen atoms in total. The second kappa shape index (κ2) is 11.5. The summed E-state index contributed by atoms with van der Waals surface area (Å²) in [6, 6.07) is 12.7. The van der Waals surface area contributed by atoms with Gasteiger partial charge in [0, 0.05) is 19.0 Å². The van der Waals surface area contributed by atoms with Crippen molar-refractivity contribution >= 4 is 41.9 Å². The van der Waals surface area contributed by atoms with Gasteiger partial charge in [-0.25, -0.2) is 4.98 Å². The Hall–Kier alpha value is -3.41. The molecular weight excluding hydrogens is 509 g/mol. The Balaban J connectivity index is 1.49. The lowest BCUT2D eigenvalue weighted by atomic mass is 9.74. The number of hydrogen-bond donors (Lipinski definition) is 4. The molecule has 0 fully saturated rings. The lowest BCUT2D eigenvalue weighted by Gasteiger charge is -2.29. The number of oxime groups is 1. The fourth-order valence-corrected chi connectivity index (χ4v) is 4.71. The zero-order valence-corrected chi connectivity index (χ0v) is 22.3. The molecule has 0 radical (unpaired) electrons. The van der Waals surface area contributed by atoms with Gasteiger partial charge in [0.1, 0.15) is 5.15 Å². The third-order valence-electron chi connectivity index (χ3n) is 6.44. The van der Waals surface area contributed by atoms with E-state index in [2.05, 4.69) is 20.8 Å². The minimum atomic E-state index is -1.72. The van der Waals surface area contributed by atoms with Crippen molar-refractivity contribution in [2.45, 2.75) is 51.6 Å². The highest BCUT2D eigenvalue weighted by Crippen LogP contribution is 2.29. The molecule has 0 aliphatic carbocycles. The van der Waals surface area contributed by atoms with Crippen molar-refractivity contribution in [1.82, 2.24) is 20.0 Å². The first-order valence-corrected chi connectivity index (χ1v) is 12.8. The summed E-state index contributed by atoms with van der Waals surface area (Å²) in [7, 11) is -1.72. The van der Waals surface area contributed by atoms with Gasteiger partial charge in [0.15, 0.2) is 5.65 Å². The number of nitrogens with zero attached hydrogens (tertiary/aromatic N) is 3. The number of nitrogens with one attached hydrogen (secondary N) is 2. The van der Waals surface area contributed by atoms with Crippen LogP contribution in [0.25, 0.3) is 5.65 Å². The van der Waals surface area contributed by atoms with E-state index in [-0.39, 0.29) is 31.2 Å². The van der Waals surface area contributed by atoms with Crippen LogP contribution in [0.3, 0.4) is 0 Å². The van der Waals surface area contributed by atoms with Crippen molar-refractivity contribution in [3.05, 3.63) is 70.6 Å². The normalized spacial score (nSPS) is 17.7. The number of halogens is 1. The van der Waals surface area contributed by atoms with Gasteiger partial charge in [-0.1, -0.05) is 60.9 Å². The Bertz CT molecular complexity index is 1350. The van der Waals surface area contributed by atoms with E-state index in [0.29, 0.717) is 34.2 Å². The zero-order chi connectivity index (χ0) is 27.4. The van der Waals surface area contributed by atoms with Crippen molar-refractivity contribution in [2.24, 2.45) is 11.1 Å². The molecule has 0 saturated heterocycles. The molecule has 2 atom stereocenters. The van der Waals surface area contributed by atoms with Gasteiger partial charge in [0.25, 0.3) is 11.8 Å². The van der Waals surface area contributed by atoms with Crippen molar-refractivity contribution < 1.29 is 24.5 Å². The molecule has 1 aromatic carbocycles. The maximum absolute atomic E-state index is 13.5. The van der Waals surface area contributed by atoms with Crippen LogP contribution in [-0.4, -0.2) is 62.2 Å². The molecule has 3 heterocycles. The molecule has 4 N–H and O–H groups in total. The van der Waals surface area contributed by atoms with Crippen LogP contribution in [-0.2, 0) is 16.1 Å². The fraction of sp³-hybridized carbons (Fsp3) is 0.385. The van der Waals surface area contributed by atoms with Gasteiger partial charge in [0.2, 0.25) is 5.60 Å². The average Bonchev–Trinajstić information content (AvgIpc) is 3.43. The number of imidazole rings is 1. The number of aromatic nitrogens is 2. The van der Waals surface area contributed by atoms with Gasteiger partial charge in [-0.05, 0) is 37.0 Å². The predicted molar refractivity (Wildman–Crippen MR) is 145 cm³/mol. The minimum Gasteiger partial charge on any atom is -0.426 e. The minimum absolute atomic E-state index is 0.0508. The SMILES string of the molecule is Cc1nc2c(C(=O)NCC3=NOC(Cc4ccccc4)(C(=O)NC(CC(C)C)B(O)O)C3)cccn2c1Cl. The number of fused-ring (bicyclic) bond motifs is 1. The first-order valence-electron chi connectivity index (χ1n) is 12.5. The third-order valence-corrected chi connectivity index (χ3v) is 6.89. The maximum Gasteiger partial charge on any atom is 0.475 e. The molecule has 1 aliphatic rings. The Morgan fingerprint density at radius 3 is 2.63 bits per heavy atom. The van der Waals surface area contributed by atoms with Crippen LogP contribution in [0.4, 0.5) is 0 Å². The Kier molecular flexibility index (Phi) is 8.40. The summed E-state index contributed by atoms with van der Waals surface area (Å²) in [5.74, 6) is -1.62. The smallest absolute Gasteiger partial charge is 0.426 e. The maximum atomic E-state index is 13.5. The summed E-state index contributed by atoms with van der Waals surface area (Å²) in [6.45, 7) is 5.67. The van der Waals surface area contributed by atoms with Crippen LogP contribution in [0.1, 0.15) is 48.3 Å². The van der Waals surface area contributed by atoms with E-state index in [1.54, 1.807) is 29.7 Å². The zero-order valence-electron chi connectivity index (χ0n) is 21.5. The van der Waals surface area contributed by atoms with E-state index >= 15 is 0 Å². The topological polar surface area (TPSA) is 138 Å². The van der Waals surface area contributed by atoms with Gasteiger partial charge in [-0.15, -0.1) is 0 Å². The number of carbonyl (C=O) groups excluding carboxylic acids is 2. The average molecular weight is 540 g/mol. The standard InChI is InChI=1S/C26H31BClN5O5/c1-16(2)12-21(27(36)37)31-25(35)26(13-18-8-5-4-6-9-18)14-19(32-38-26)15-29-24(34)20-10-7-11-33-22(28)17(3)30-23(20)33/h4-11,16,21,36-37H,12-15H2,1-3H3,(H,29,34)(H,31,35). The molecule has 38 heavy (non-hydrogen) atoms. The number of rotatable bonds is 10. The van der Waals surface area contributed by atoms with Crippen molar-refractivity contribution in [3.8, 4) is 0 Å². The highest BCUT2D eigenvalue weighted by atomic mass is 35.5. The van der Waals surface area contributed by atoms with E-state index in [1.165, 1.54) is 0 Å². The van der Waals surface area contributed by atoms with E-state index in [1.807, 2.05) is 44.2 Å². The third kappa shape index (κ3) is 6.01. The number of aryl methyl sites for hydroxylation is 1. The summed E-state index contributed by atoms with van der Waals surface area (Å²) in [6.07, 6.45) is 2.43. The number of hydrogen-bond acceptors (Lipinski definition) is 7. The van der Waals surface area contributed by atoms with Gasteiger partial charge >= 0.3 is 7.12 Å². The quantitative estimate of drug-likeness (QED) is 0.292. The van der Waals surface area contributed by atoms with Crippen molar-refractivity contribution in [1.29, 1.82) is 0 Å². The largest absolute Gasteiger partial charge is 0.475 e. The van der Waals surface area contributed by atoms with Crippen LogP contribution in [0.15, 0.2) is 53.8 Å². The van der Waals surface area contributed by atoms with Crippen molar-refractivity contribution in [3.63, 3.8) is 0 Å². The van der Waals surface area contributed by atoms with Crippen LogP contribution in [0.2, 0.25) is 5.15 Å². The Labute approximate surface area is 226 Å². The molecule has 200 valence electrons. The highest BCUT2D eigenvalue weighted by molar-refractivity contribution is 6.43. The molecule has 0 spiro atoms. The number of benzene rings is 1. The molecule has 0 saturated carbocycles. The molecule has 1 aliphatic heterocycles. The van der Waals surface area contributed by atoms with Crippen molar-refractivity contribution in [2.75, 3.05) is 6.54 Å². The van der Waals surface area contributed by atoms with Crippen LogP contribution >= 0.6 is 11.6 Å². The molecule has 3 aromatic rings. The van der Waals surface area contributed by atoms with Gasteiger partial charge in [-0.3, -0.25) is 14.0 Å². The summed E-state index contributed by atoms with van der Waals surface area (Å²) in [5, 5.41) is 29.8. The number of pyridine rings is 1. The lowest BCUT2D eigenvalue weighted by Crippen LogP contribution is -2.56. The summed E-state index contributed by atoms with van der Waals surface area (Å²) < 4.78 is 1.64. The molecule has 2 aromatic heterocycles. The predicted octanol–water partition coefficient (Wildman–Crippen LogP) is 2.33. The molecule has 2 unspecified atom stereocenters. The van der Waals surface area contributed by atoms with Gasteiger partial charge in [0.05, 0.1) is 29.5 Å².